The van der Waals surface area contributed by atoms with Crippen LogP contribution in [-0.2, 0) is 0 Å². The molecule has 5 rings (SSSR count). The van der Waals surface area contributed by atoms with Gasteiger partial charge in [-0.1, -0.05) is 13.8 Å². The van der Waals surface area contributed by atoms with Gasteiger partial charge in [-0.05, 0) is 31.2 Å². The summed E-state index contributed by atoms with van der Waals surface area (Å²) in [7, 11) is 2.15. The summed E-state index contributed by atoms with van der Waals surface area (Å²) in [5, 5.41) is 7.05. The molecule has 1 unspecified atom stereocenters. The zero-order valence-electron chi connectivity index (χ0n) is 18.2. The van der Waals surface area contributed by atoms with Crippen molar-refractivity contribution in [3.8, 4) is 0 Å². The maximum atomic E-state index is 12.4. The molecule has 5 heterocycles. The van der Waals surface area contributed by atoms with Crippen LogP contribution in [0.5, 0.6) is 0 Å². The van der Waals surface area contributed by atoms with Crippen molar-refractivity contribution in [3.05, 3.63) is 36.3 Å². The van der Waals surface area contributed by atoms with E-state index in [9.17, 15) is 4.79 Å². The van der Waals surface area contributed by atoms with Gasteiger partial charge in [0.2, 0.25) is 5.95 Å². The number of fused-ring (bicyclic) bond motifs is 3. The molecule has 2 aliphatic rings. The number of carbonyl (C=O) groups is 1. The largest absolute Gasteiger partial charge is 0.368 e. The lowest BCUT2D eigenvalue weighted by Gasteiger charge is -2.33. The van der Waals surface area contributed by atoms with Crippen molar-refractivity contribution in [3.63, 3.8) is 0 Å². The summed E-state index contributed by atoms with van der Waals surface area (Å²) in [5.41, 5.74) is 2.54. The van der Waals surface area contributed by atoms with E-state index in [1.54, 1.807) is 6.20 Å². The molecule has 2 aliphatic heterocycles. The molecule has 31 heavy (non-hydrogen) atoms. The molecule has 2 N–H and O–H groups in total. The van der Waals surface area contributed by atoms with Gasteiger partial charge in [-0.25, -0.2) is 9.97 Å². The Kier molecular flexibility index (Phi) is 4.97. The lowest BCUT2D eigenvalue weighted by Crippen LogP contribution is -2.44. The number of nitrogens with one attached hydrogen (secondary N) is 2. The second-order valence-electron chi connectivity index (χ2n) is 8.71. The van der Waals surface area contributed by atoms with Crippen molar-refractivity contribution in [1.82, 2.24) is 29.7 Å². The Morgan fingerprint density at radius 3 is 2.65 bits per heavy atom. The minimum atomic E-state index is -0.0643. The predicted molar refractivity (Wildman–Crippen MR) is 121 cm³/mol. The normalized spacial score (nSPS) is 19.5. The number of piperazine rings is 1. The second kappa shape index (κ2) is 7.81. The summed E-state index contributed by atoms with van der Waals surface area (Å²) >= 11 is 0. The first-order valence-corrected chi connectivity index (χ1v) is 10.8. The predicted octanol–water partition coefficient (Wildman–Crippen LogP) is 2.26. The number of likely N-dealkylation sites (N-methyl/N-ethyl adjacent to an activating group) is 1. The molecule has 0 radical (unpaired) electrons. The number of amides is 1. The van der Waals surface area contributed by atoms with Crippen molar-refractivity contribution in [2.45, 2.75) is 19.9 Å². The Morgan fingerprint density at radius 1 is 1.13 bits per heavy atom. The van der Waals surface area contributed by atoms with Gasteiger partial charge >= 0.3 is 0 Å². The summed E-state index contributed by atoms with van der Waals surface area (Å²) in [6, 6.07) is 6.07. The number of pyridine rings is 1. The topological polar surface area (TPSA) is 91.2 Å². The highest BCUT2D eigenvalue weighted by molar-refractivity contribution is 5.98. The Balaban J connectivity index is 1.40. The van der Waals surface area contributed by atoms with Crippen LogP contribution in [0, 0.1) is 5.92 Å². The molecule has 1 atom stereocenters. The van der Waals surface area contributed by atoms with Crippen LogP contribution in [0.15, 0.2) is 30.6 Å². The smallest absolute Gasteiger partial charge is 0.268 e. The fourth-order valence-corrected chi connectivity index (χ4v) is 4.32. The molecule has 0 aromatic carbocycles. The van der Waals surface area contributed by atoms with Gasteiger partial charge in [0.25, 0.3) is 5.91 Å². The van der Waals surface area contributed by atoms with Gasteiger partial charge in [-0.15, -0.1) is 0 Å². The Hall–Kier alpha value is -3.20. The highest BCUT2D eigenvalue weighted by Crippen LogP contribution is 2.30. The minimum absolute atomic E-state index is 0.0643. The Bertz CT molecular complexity index is 1100. The molecule has 9 nitrogen and oxygen atoms in total. The molecule has 1 fully saturated rings. The molecule has 0 saturated carbocycles. The van der Waals surface area contributed by atoms with Crippen LogP contribution < -0.4 is 15.5 Å². The minimum Gasteiger partial charge on any atom is -0.368 e. The zero-order chi connectivity index (χ0) is 21.5. The van der Waals surface area contributed by atoms with Crippen LogP contribution in [0.2, 0.25) is 0 Å². The maximum Gasteiger partial charge on any atom is 0.268 e. The number of aromatic nitrogens is 4. The van der Waals surface area contributed by atoms with Gasteiger partial charge in [-0.3, -0.25) is 4.79 Å². The quantitative estimate of drug-likeness (QED) is 0.669. The first kappa shape index (κ1) is 19.7. The summed E-state index contributed by atoms with van der Waals surface area (Å²) in [6.45, 7) is 9.06. The van der Waals surface area contributed by atoms with Gasteiger partial charge in [0.05, 0.1) is 17.9 Å². The van der Waals surface area contributed by atoms with Crippen LogP contribution >= 0.6 is 0 Å². The number of carbonyl (C=O) groups excluding carboxylic acids is 1. The summed E-state index contributed by atoms with van der Waals surface area (Å²) in [6.07, 6.45) is 3.66. The first-order chi connectivity index (χ1) is 15.0. The van der Waals surface area contributed by atoms with E-state index in [0.717, 1.165) is 42.9 Å². The summed E-state index contributed by atoms with van der Waals surface area (Å²) in [4.78, 5) is 30.8. The van der Waals surface area contributed by atoms with E-state index in [1.807, 2.05) is 18.3 Å². The fourth-order valence-electron chi connectivity index (χ4n) is 4.32. The van der Waals surface area contributed by atoms with Gasteiger partial charge in [0.1, 0.15) is 17.2 Å². The number of hydrogen-bond acceptors (Lipinski definition) is 7. The van der Waals surface area contributed by atoms with E-state index >= 15 is 0 Å². The number of rotatable bonds is 4. The van der Waals surface area contributed by atoms with Crippen LogP contribution in [0.25, 0.3) is 11.0 Å². The monoisotopic (exact) mass is 420 g/mol. The average molecular weight is 421 g/mol. The van der Waals surface area contributed by atoms with Gasteiger partial charge in [-0.2, -0.15) is 4.98 Å². The Morgan fingerprint density at radius 2 is 1.94 bits per heavy atom. The third kappa shape index (κ3) is 3.69. The molecular weight excluding hydrogens is 392 g/mol. The summed E-state index contributed by atoms with van der Waals surface area (Å²) < 4.78 is 2.05. The second-order valence-corrected chi connectivity index (χ2v) is 8.71. The standard InChI is InChI=1S/C22H28N8O/c1-14(2)18-13-24-21(31)17-10-15-11-25-22(27-20(15)30(17)18)26-19-5-4-16(12-23-19)29-8-6-28(3)7-9-29/h4-5,10-12,14,18H,6-9,13H2,1-3H3,(H,24,31)(H,23,25,26,27). The average Bonchev–Trinajstić information content (AvgIpc) is 3.15. The summed E-state index contributed by atoms with van der Waals surface area (Å²) in [5.74, 6) is 1.47. The molecule has 9 heteroatoms. The molecule has 0 aliphatic carbocycles. The molecule has 3 aromatic heterocycles. The van der Waals surface area contributed by atoms with Crippen LogP contribution in [0.3, 0.4) is 0 Å². The molecule has 3 aromatic rings. The maximum absolute atomic E-state index is 12.4. The molecule has 0 spiro atoms. The van der Waals surface area contributed by atoms with Crippen molar-refractivity contribution in [2.24, 2.45) is 5.92 Å². The third-order valence-corrected chi connectivity index (χ3v) is 6.24. The van der Waals surface area contributed by atoms with Gasteiger partial charge < -0.3 is 25.0 Å². The van der Waals surface area contributed by atoms with Crippen LogP contribution in [-0.4, -0.2) is 70.1 Å². The van der Waals surface area contributed by atoms with E-state index in [0.29, 0.717) is 29.9 Å². The lowest BCUT2D eigenvalue weighted by atomic mass is 10.0. The van der Waals surface area contributed by atoms with E-state index < -0.39 is 0 Å². The fraction of sp³-hybridized carbons (Fsp3) is 0.455. The van der Waals surface area contributed by atoms with Crippen LogP contribution in [0.4, 0.5) is 17.5 Å². The van der Waals surface area contributed by atoms with Crippen molar-refractivity contribution >= 4 is 34.4 Å². The van der Waals surface area contributed by atoms with E-state index in [1.165, 1.54) is 0 Å². The molecular formula is C22H28N8O. The van der Waals surface area contributed by atoms with Gasteiger partial charge in [0, 0.05) is 44.3 Å². The SMILES string of the molecule is CC(C)C1CNC(=O)c2cc3cnc(Nc4ccc(N5CCN(C)CC5)cn4)nc3n21. The zero-order valence-corrected chi connectivity index (χ0v) is 18.2. The molecule has 162 valence electrons. The molecule has 1 saturated heterocycles. The Labute approximate surface area is 181 Å². The third-order valence-electron chi connectivity index (χ3n) is 6.24. The number of anilines is 3. The number of nitrogens with zero attached hydrogens (tertiary/aromatic N) is 6. The van der Waals surface area contributed by atoms with Crippen molar-refractivity contribution < 1.29 is 4.79 Å². The molecule has 0 bridgehead atoms. The van der Waals surface area contributed by atoms with Gasteiger partial charge in [0.15, 0.2) is 0 Å². The number of hydrogen-bond donors (Lipinski definition) is 2. The van der Waals surface area contributed by atoms with Crippen molar-refractivity contribution in [2.75, 3.05) is 50.0 Å². The van der Waals surface area contributed by atoms with E-state index in [-0.39, 0.29) is 11.9 Å². The first-order valence-electron chi connectivity index (χ1n) is 10.8. The van der Waals surface area contributed by atoms with E-state index in [2.05, 4.69) is 61.9 Å². The van der Waals surface area contributed by atoms with Crippen LogP contribution in [0.1, 0.15) is 30.4 Å². The lowest BCUT2D eigenvalue weighted by molar-refractivity contribution is 0.0907. The molecule has 1 amide bonds. The highest BCUT2D eigenvalue weighted by atomic mass is 16.2. The van der Waals surface area contributed by atoms with Crippen molar-refractivity contribution in [1.29, 1.82) is 0 Å². The van der Waals surface area contributed by atoms with E-state index in [4.69, 9.17) is 4.98 Å². The highest BCUT2D eigenvalue weighted by Gasteiger charge is 2.29.